The highest BCUT2D eigenvalue weighted by atomic mass is 35.5. The van der Waals surface area contributed by atoms with Crippen LogP contribution >= 0.6 is 11.6 Å². The Morgan fingerprint density at radius 2 is 2.00 bits per heavy atom. The number of hydrogen-bond donors (Lipinski definition) is 0. The van der Waals surface area contributed by atoms with Gasteiger partial charge in [0.25, 0.3) is 0 Å². The third-order valence-electron chi connectivity index (χ3n) is 4.15. The van der Waals surface area contributed by atoms with Crippen LogP contribution in [-0.4, -0.2) is 23.9 Å². The summed E-state index contributed by atoms with van der Waals surface area (Å²) in [6.45, 7) is 8.02. The number of piperidine rings is 1. The number of benzene rings is 1. The summed E-state index contributed by atoms with van der Waals surface area (Å²) in [7, 11) is 0. The summed E-state index contributed by atoms with van der Waals surface area (Å²) in [5.41, 5.74) is 4.37. The van der Waals surface area contributed by atoms with Crippen LogP contribution < -0.4 is 0 Å². The lowest BCUT2D eigenvalue weighted by Crippen LogP contribution is -2.35. The van der Waals surface area contributed by atoms with E-state index in [4.69, 9.17) is 11.6 Å². The van der Waals surface area contributed by atoms with Crippen molar-refractivity contribution < 1.29 is 0 Å². The molecule has 0 aliphatic carbocycles. The highest BCUT2D eigenvalue weighted by Gasteiger charge is 2.20. The molecule has 1 aliphatic heterocycles. The first-order valence-corrected chi connectivity index (χ1v) is 7.57. The fourth-order valence-electron chi connectivity index (χ4n) is 3.01. The zero-order chi connectivity index (χ0) is 13.0. The molecule has 1 aliphatic rings. The molecule has 1 saturated heterocycles. The molecule has 1 unspecified atom stereocenters. The molecule has 1 aromatic rings. The zero-order valence-electron chi connectivity index (χ0n) is 11.6. The van der Waals surface area contributed by atoms with Crippen molar-refractivity contribution in [2.75, 3.05) is 19.0 Å². The second-order valence-electron chi connectivity index (χ2n) is 5.59. The Balaban J connectivity index is 2.00. The lowest BCUT2D eigenvalue weighted by Gasteiger charge is -2.33. The fourth-order valence-corrected chi connectivity index (χ4v) is 3.32. The standard InChI is InChI=1S/C16H24ClN/c1-13-5-3-6-14(2)16(13)12-18-10-4-7-15(11-18)8-9-17/h3,5-6,15H,4,7-12H2,1-2H3. The molecule has 0 N–H and O–H groups in total. The van der Waals surface area contributed by atoms with Gasteiger partial charge in [0.05, 0.1) is 0 Å². The van der Waals surface area contributed by atoms with Crippen LogP contribution in [0.2, 0.25) is 0 Å². The average molecular weight is 266 g/mol. The first-order chi connectivity index (χ1) is 8.70. The minimum Gasteiger partial charge on any atom is -0.299 e. The fraction of sp³-hybridized carbons (Fsp3) is 0.625. The van der Waals surface area contributed by atoms with E-state index in [2.05, 4.69) is 36.9 Å². The van der Waals surface area contributed by atoms with Gasteiger partial charge in [-0.15, -0.1) is 11.6 Å². The van der Waals surface area contributed by atoms with Gasteiger partial charge in [-0.05, 0) is 62.3 Å². The lowest BCUT2D eigenvalue weighted by atomic mass is 9.94. The summed E-state index contributed by atoms with van der Waals surface area (Å²) < 4.78 is 0. The summed E-state index contributed by atoms with van der Waals surface area (Å²) in [6.07, 6.45) is 3.85. The van der Waals surface area contributed by atoms with Crippen LogP contribution in [0.4, 0.5) is 0 Å². The van der Waals surface area contributed by atoms with E-state index < -0.39 is 0 Å². The molecule has 0 radical (unpaired) electrons. The molecule has 0 amide bonds. The number of hydrogen-bond acceptors (Lipinski definition) is 1. The van der Waals surface area contributed by atoms with Crippen molar-refractivity contribution in [3.05, 3.63) is 34.9 Å². The first-order valence-electron chi connectivity index (χ1n) is 7.04. The number of aryl methyl sites for hydroxylation is 2. The second-order valence-corrected chi connectivity index (χ2v) is 5.97. The van der Waals surface area contributed by atoms with Gasteiger partial charge in [0.15, 0.2) is 0 Å². The normalized spacial score (nSPS) is 21.2. The molecule has 18 heavy (non-hydrogen) atoms. The van der Waals surface area contributed by atoms with E-state index in [1.54, 1.807) is 0 Å². The highest BCUT2D eigenvalue weighted by molar-refractivity contribution is 6.17. The quantitative estimate of drug-likeness (QED) is 0.740. The van der Waals surface area contributed by atoms with E-state index in [0.717, 1.165) is 18.3 Å². The van der Waals surface area contributed by atoms with Crippen LogP contribution in [0, 0.1) is 19.8 Å². The van der Waals surface area contributed by atoms with E-state index in [1.165, 1.54) is 49.0 Å². The molecule has 0 bridgehead atoms. The Kier molecular flexibility index (Phi) is 5.08. The van der Waals surface area contributed by atoms with Gasteiger partial charge in [-0.2, -0.15) is 0 Å². The van der Waals surface area contributed by atoms with Crippen LogP contribution in [0.1, 0.15) is 36.0 Å². The van der Waals surface area contributed by atoms with Gasteiger partial charge < -0.3 is 0 Å². The van der Waals surface area contributed by atoms with Gasteiger partial charge in [0.2, 0.25) is 0 Å². The molecule has 0 aromatic heterocycles. The van der Waals surface area contributed by atoms with Crippen molar-refractivity contribution in [3.63, 3.8) is 0 Å². The molecule has 1 aromatic carbocycles. The molecule has 1 heterocycles. The SMILES string of the molecule is Cc1cccc(C)c1CN1CCCC(CCCl)C1. The van der Waals surface area contributed by atoms with Crippen molar-refractivity contribution >= 4 is 11.6 Å². The van der Waals surface area contributed by atoms with Crippen LogP contribution in [0.3, 0.4) is 0 Å². The minimum atomic E-state index is 0.806. The third kappa shape index (κ3) is 3.49. The molecule has 1 atom stereocenters. The molecule has 2 rings (SSSR count). The number of halogens is 1. The molecule has 0 spiro atoms. The summed E-state index contributed by atoms with van der Waals surface area (Å²) in [5, 5.41) is 0. The summed E-state index contributed by atoms with van der Waals surface area (Å²) in [4.78, 5) is 2.61. The van der Waals surface area contributed by atoms with Gasteiger partial charge in [-0.1, -0.05) is 18.2 Å². The second kappa shape index (κ2) is 6.58. The van der Waals surface area contributed by atoms with Gasteiger partial charge in [0.1, 0.15) is 0 Å². The largest absolute Gasteiger partial charge is 0.299 e. The van der Waals surface area contributed by atoms with Gasteiger partial charge in [0, 0.05) is 19.0 Å². The van der Waals surface area contributed by atoms with Gasteiger partial charge in [-0.3, -0.25) is 4.90 Å². The zero-order valence-corrected chi connectivity index (χ0v) is 12.3. The van der Waals surface area contributed by atoms with E-state index >= 15 is 0 Å². The number of likely N-dealkylation sites (tertiary alicyclic amines) is 1. The Morgan fingerprint density at radius 3 is 2.67 bits per heavy atom. The predicted octanol–water partition coefficient (Wildman–Crippen LogP) is 4.14. The Morgan fingerprint density at radius 1 is 1.28 bits per heavy atom. The number of nitrogens with zero attached hydrogens (tertiary/aromatic N) is 1. The van der Waals surface area contributed by atoms with Gasteiger partial charge in [-0.25, -0.2) is 0 Å². The molecule has 1 nitrogen and oxygen atoms in total. The lowest BCUT2D eigenvalue weighted by molar-refractivity contribution is 0.164. The molecule has 0 saturated carbocycles. The first kappa shape index (κ1) is 13.9. The Hall–Kier alpha value is -0.530. The van der Waals surface area contributed by atoms with Crippen LogP contribution in [-0.2, 0) is 6.54 Å². The van der Waals surface area contributed by atoms with Crippen LogP contribution in [0.5, 0.6) is 0 Å². The minimum absolute atomic E-state index is 0.806. The predicted molar refractivity (Wildman–Crippen MR) is 79.3 cm³/mol. The maximum absolute atomic E-state index is 5.87. The highest BCUT2D eigenvalue weighted by Crippen LogP contribution is 2.23. The molecular weight excluding hydrogens is 242 g/mol. The molecule has 100 valence electrons. The van der Waals surface area contributed by atoms with E-state index in [1.807, 2.05) is 0 Å². The number of rotatable bonds is 4. The van der Waals surface area contributed by atoms with Crippen LogP contribution in [0.15, 0.2) is 18.2 Å². The van der Waals surface area contributed by atoms with Crippen LogP contribution in [0.25, 0.3) is 0 Å². The molecule has 1 fully saturated rings. The summed E-state index contributed by atoms with van der Waals surface area (Å²) in [6, 6.07) is 6.60. The van der Waals surface area contributed by atoms with Crippen molar-refractivity contribution in [2.24, 2.45) is 5.92 Å². The Labute approximate surface area is 116 Å². The molecule has 2 heteroatoms. The third-order valence-corrected chi connectivity index (χ3v) is 4.36. The maximum atomic E-state index is 5.87. The number of alkyl halides is 1. The Bertz CT molecular complexity index is 366. The molecular formula is C16H24ClN. The summed E-state index contributed by atoms with van der Waals surface area (Å²) >= 11 is 5.87. The average Bonchev–Trinajstić information content (AvgIpc) is 2.35. The van der Waals surface area contributed by atoms with Crippen molar-refractivity contribution in [1.82, 2.24) is 4.90 Å². The summed E-state index contributed by atoms with van der Waals surface area (Å²) in [5.74, 6) is 1.61. The van der Waals surface area contributed by atoms with Crippen molar-refractivity contribution in [2.45, 2.75) is 39.7 Å². The smallest absolute Gasteiger partial charge is 0.0239 e. The monoisotopic (exact) mass is 265 g/mol. The van der Waals surface area contributed by atoms with E-state index in [9.17, 15) is 0 Å². The van der Waals surface area contributed by atoms with Crippen molar-refractivity contribution in [3.8, 4) is 0 Å². The maximum Gasteiger partial charge on any atom is 0.0239 e. The van der Waals surface area contributed by atoms with Gasteiger partial charge >= 0.3 is 0 Å². The van der Waals surface area contributed by atoms with E-state index in [0.29, 0.717) is 0 Å². The topological polar surface area (TPSA) is 3.24 Å². The van der Waals surface area contributed by atoms with Crippen molar-refractivity contribution in [1.29, 1.82) is 0 Å². The van der Waals surface area contributed by atoms with E-state index in [-0.39, 0.29) is 0 Å².